The van der Waals surface area contributed by atoms with Crippen LogP contribution in [0, 0.1) is 13.8 Å². The van der Waals surface area contributed by atoms with Crippen LogP contribution in [0.1, 0.15) is 17.5 Å². The third-order valence-electron chi connectivity index (χ3n) is 5.33. The first kappa shape index (κ1) is 18.3. The van der Waals surface area contributed by atoms with Gasteiger partial charge in [-0.1, -0.05) is 36.4 Å². The molecule has 5 nitrogen and oxygen atoms in total. The summed E-state index contributed by atoms with van der Waals surface area (Å²) in [5.74, 6) is -0.0142. The van der Waals surface area contributed by atoms with Crippen LogP contribution in [0.2, 0.25) is 0 Å². The van der Waals surface area contributed by atoms with Crippen molar-refractivity contribution in [3.63, 3.8) is 0 Å². The van der Waals surface area contributed by atoms with Crippen LogP contribution in [0.5, 0.6) is 0 Å². The Bertz CT molecular complexity index is 1400. The molecule has 0 aliphatic carbocycles. The molecule has 148 valence electrons. The molecule has 0 saturated heterocycles. The van der Waals surface area contributed by atoms with Gasteiger partial charge in [-0.25, -0.2) is 9.97 Å². The number of fused-ring (bicyclic) bond motifs is 4. The third kappa shape index (κ3) is 3.28. The minimum absolute atomic E-state index is 0.0142. The van der Waals surface area contributed by atoms with Gasteiger partial charge >= 0.3 is 0 Å². The average molecular weight is 394 g/mol. The molecule has 30 heavy (non-hydrogen) atoms. The zero-order valence-corrected chi connectivity index (χ0v) is 17.0. The van der Waals surface area contributed by atoms with E-state index in [0.29, 0.717) is 13.0 Å². The molecule has 0 unspecified atom stereocenters. The first-order chi connectivity index (χ1) is 14.6. The van der Waals surface area contributed by atoms with Gasteiger partial charge in [0.05, 0.1) is 16.6 Å². The Hall–Kier alpha value is -3.73. The maximum absolute atomic E-state index is 12.7. The summed E-state index contributed by atoms with van der Waals surface area (Å²) in [6, 6.07) is 22.1. The largest absolute Gasteiger partial charge is 0.326 e. The SMILES string of the molecule is Cc1cc(C)cc(NC(=O)CCn2c3ccccc3c3nc4ccccc4nc32)c1. The molecule has 2 aromatic heterocycles. The Labute approximate surface area is 174 Å². The standard InChI is InChI=1S/C25H22N4O/c1-16-13-17(2)15-18(14-16)26-23(30)11-12-29-22-10-6-3-7-19(22)24-25(29)28-21-9-5-4-8-20(21)27-24/h3-10,13-15H,11-12H2,1-2H3,(H,26,30). The summed E-state index contributed by atoms with van der Waals surface area (Å²) in [5.41, 5.74) is 7.57. The van der Waals surface area contributed by atoms with Gasteiger partial charge in [-0.05, 0) is 55.3 Å². The van der Waals surface area contributed by atoms with Crippen molar-refractivity contribution in [1.29, 1.82) is 0 Å². The van der Waals surface area contributed by atoms with E-state index in [0.717, 1.165) is 49.9 Å². The Morgan fingerprint density at radius 2 is 1.57 bits per heavy atom. The molecule has 0 spiro atoms. The van der Waals surface area contributed by atoms with Gasteiger partial charge in [0.1, 0.15) is 5.52 Å². The lowest BCUT2D eigenvalue weighted by atomic mass is 10.1. The van der Waals surface area contributed by atoms with Gasteiger partial charge in [0, 0.05) is 24.0 Å². The minimum Gasteiger partial charge on any atom is -0.326 e. The number of aromatic nitrogens is 3. The van der Waals surface area contributed by atoms with Crippen molar-refractivity contribution in [2.24, 2.45) is 0 Å². The van der Waals surface area contributed by atoms with Crippen LogP contribution in [-0.2, 0) is 11.3 Å². The Morgan fingerprint density at radius 3 is 2.33 bits per heavy atom. The van der Waals surface area contributed by atoms with E-state index in [1.54, 1.807) is 0 Å². The van der Waals surface area contributed by atoms with Crippen molar-refractivity contribution in [2.75, 3.05) is 5.32 Å². The fourth-order valence-electron chi connectivity index (χ4n) is 4.09. The summed E-state index contributed by atoms with van der Waals surface area (Å²) in [6.07, 6.45) is 0.356. The molecule has 5 heteroatoms. The molecule has 0 fully saturated rings. The van der Waals surface area contributed by atoms with Crippen molar-refractivity contribution in [3.8, 4) is 0 Å². The lowest BCUT2D eigenvalue weighted by Crippen LogP contribution is -2.15. The van der Waals surface area contributed by atoms with Gasteiger partial charge in [0.2, 0.25) is 5.91 Å². The maximum atomic E-state index is 12.7. The van der Waals surface area contributed by atoms with Gasteiger partial charge in [-0.3, -0.25) is 4.79 Å². The topological polar surface area (TPSA) is 59.8 Å². The second kappa shape index (κ2) is 7.26. The van der Waals surface area contributed by atoms with Crippen LogP contribution < -0.4 is 5.32 Å². The summed E-state index contributed by atoms with van der Waals surface area (Å²) in [5, 5.41) is 4.08. The molecule has 1 amide bonds. The van der Waals surface area contributed by atoms with Gasteiger partial charge < -0.3 is 9.88 Å². The normalized spacial score (nSPS) is 11.4. The number of amides is 1. The predicted octanol–water partition coefficient (Wildman–Crippen LogP) is 5.38. The van der Waals surface area contributed by atoms with E-state index in [4.69, 9.17) is 9.97 Å². The smallest absolute Gasteiger partial charge is 0.226 e. The fourth-order valence-corrected chi connectivity index (χ4v) is 4.09. The maximum Gasteiger partial charge on any atom is 0.226 e. The zero-order chi connectivity index (χ0) is 20.7. The Balaban J connectivity index is 1.50. The minimum atomic E-state index is -0.0142. The number of carbonyl (C=O) groups excluding carboxylic acids is 1. The lowest BCUT2D eigenvalue weighted by Gasteiger charge is -2.09. The summed E-state index contributed by atoms with van der Waals surface area (Å²) >= 11 is 0. The predicted molar refractivity (Wildman–Crippen MR) is 122 cm³/mol. The van der Waals surface area contributed by atoms with E-state index in [2.05, 4.69) is 28.1 Å². The highest BCUT2D eigenvalue weighted by molar-refractivity contribution is 6.06. The first-order valence-corrected chi connectivity index (χ1v) is 10.1. The molecule has 0 aliphatic rings. The Morgan fingerprint density at radius 1 is 0.900 bits per heavy atom. The van der Waals surface area contributed by atoms with E-state index in [1.807, 2.05) is 62.4 Å². The fraction of sp³-hybridized carbons (Fsp3) is 0.160. The average Bonchev–Trinajstić information content (AvgIpc) is 3.02. The number of hydrogen-bond donors (Lipinski definition) is 1. The zero-order valence-electron chi connectivity index (χ0n) is 17.0. The molecule has 0 atom stereocenters. The van der Waals surface area contributed by atoms with Crippen LogP contribution in [0.4, 0.5) is 5.69 Å². The number of nitrogens with zero attached hydrogens (tertiary/aromatic N) is 3. The number of carbonyl (C=O) groups is 1. The molecule has 2 heterocycles. The van der Waals surface area contributed by atoms with E-state index in [9.17, 15) is 4.79 Å². The van der Waals surface area contributed by atoms with Crippen molar-refractivity contribution >= 4 is 44.7 Å². The van der Waals surface area contributed by atoms with E-state index in [1.165, 1.54) is 0 Å². The number of aryl methyl sites for hydroxylation is 3. The number of rotatable bonds is 4. The summed E-state index contributed by atoms with van der Waals surface area (Å²) < 4.78 is 2.10. The molecule has 5 rings (SSSR count). The molecular formula is C25H22N4O. The molecule has 3 aromatic carbocycles. The van der Waals surface area contributed by atoms with Gasteiger partial charge in [0.25, 0.3) is 0 Å². The van der Waals surface area contributed by atoms with Crippen molar-refractivity contribution < 1.29 is 4.79 Å². The Kier molecular flexibility index (Phi) is 4.43. The molecule has 5 aromatic rings. The van der Waals surface area contributed by atoms with Crippen molar-refractivity contribution in [3.05, 3.63) is 77.9 Å². The highest BCUT2D eigenvalue weighted by Crippen LogP contribution is 2.28. The van der Waals surface area contributed by atoms with Crippen molar-refractivity contribution in [1.82, 2.24) is 14.5 Å². The quantitative estimate of drug-likeness (QED) is 0.445. The van der Waals surface area contributed by atoms with E-state index >= 15 is 0 Å². The van der Waals surface area contributed by atoms with Crippen LogP contribution in [0.3, 0.4) is 0 Å². The van der Waals surface area contributed by atoms with E-state index in [-0.39, 0.29) is 5.91 Å². The monoisotopic (exact) mass is 394 g/mol. The first-order valence-electron chi connectivity index (χ1n) is 10.1. The summed E-state index contributed by atoms with van der Waals surface area (Å²) in [4.78, 5) is 22.4. The second-order valence-electron chi connectivity index (χ2n) is 7.73. The molecule has 0 bridgehead atoms. The molecule has 0 aliphatic heterocycles. The molecule has 0 radical (unpaired) electrons. The summed E-state index contributed by atoms with van der Waals surface area (Å²) in [7, 11) is 0. The number of nitrogens with one attached hydrogen (secondary N) is 1. The lowest BCUT2D eigenvalue weighted by molar-refractivity contribution is -0.116. The van der Waals surface area contributed by atoms with Gasteiger partial charge in [-0.15, -0.1) is 0 Å². The number of anilines is 1. The number of benzene rings is 3. The highest BCUT2D eigenvalue weighted by Gasteiger charge is 2.15. The van der Waals surface area contributed by atoms with Crippen LogP contribution in [0.25, 0.3) is 33.1 Å². The van der Waals surface area contributed by atoms with Gasteiger partial charge in [-0.2, -0.15) is 0 Å². The number of para-hydroxylation sites is 3. The number of hydrogen-bond acceptors (Lipinski definition) is 3. The van der Waals surface area contributed by atoms with Crippen LogP contribution >= 0.6 is 0 Å². The third-order valence-corrected chi connectivity index (χ3v) is 5.33. The summed E-state index contributed by atoms with van der Waals surface area (Å²) in [6.45, 7) is 4.60. The molecule has 1 N–H and O–H groups in total. The van der Waals surface area contributed by atoms with Crippen LogP contribution in [0.15, 0.2) is 66.7 Å². The molecule has 0 saturated carbocycles. The second-order valence-corrected chi connectivity index (χ2v) is 7.73. The van der Waals surface area contributed by atoms with Gasteiger partial charge in [0.15, 0.2) is 5.65 Å². The van der Waals surface area contributed by atoms with E-state index < -0.39 is 0 Å². The molecular weight excluding hydrogens is 372 g/mol. The van der Waals surface area contributed by atoms with Crippen LogP contribution in [-0.4, -0.2) is 20.4 Å². The van der Waals surface area contributed by atoms with Crippen molar-refractivity contribution in [2.45, 2.75) is 26.8 Å². The highest BCUT2D eigenvalue weighted by atomic mass is 16.1.